The largest absolute Gasteiger partial charge is 0.394 e. The summed E-state index contributed by atoms with van der Waals surface area (Å²) >= 11 is 1.99. The Kier molecular flexibility index (Phi) is 4.26. The Hall–Kier alpha value is -0.520. The summed E-state index contributed by atoms with van der Waals surface area (Å²) in [5, 5.41) is 17.1. The first kappa shape index (κ1) is 12.0. The highest BCUT2D eigenvalue weighted by Gasteiger charge is 2.19. The number of nitrogens with zero attached hydrogens (tertiary/aromatic N) is 2. The van der Waals surface area contributed by atoms with Gasteiger partial charge in [-0.2, -0.15) is 16.9 Å². The molecule has 0 aromatic carbocycles. The number of rotatable bonds is 4. The van der Waals surface area contributed by atoms with Crippen molar-refractivity contribution in [3.63, 3.8) is 0 Å². The van der Waals surface area contributed by atoms with Crippen LogP contribution in [-0.4, -0.2) is 39.0 Å². The second kappa shape index (κ2) is 5.70. The number of aliphatic hydroxyl groups is 1. The molecule has 0 bridgehead atoms. The van der Waals surface area contributed by atoms with Gasteiger partial charge in [-0.25, -0.2) is 0 Å². The van der Waals surface area contributed by atoms with Crippen molar-refractivity contribution in [3.05, 3.63) is 18.0 Å². The Bertz CT molecular complexity index is 323. The van der Waals surface area contributed by atoms with Gasteiger partial charge in [-0.05, 0) is 18.6 Å². The molecule has 2 rings (SSSR count). The zero-order chi connectivity index (χ0) is 11.4. The topological polar surface area (TPSA) is 50.1 Å². The minimum absolute atomic E-state index is 0.0254. The van der Waals surface area contributed by atoms with E-state index in [0.29, 0.717) is 6.04 Å². The van der Waals surface area contributed by atoms with Gasteiger partial charge in [-0.3, -0.25) is 4.68 Å². The maximum Gasteiger partial charge on any atom is 0.0627 e. The molecule has 1 aliphatic heterocycles. The molecule has 5 heteroatoms. The van der Waals surface area contributed by atoms with E-state index in [9.17, 15) is 5.11 Å². The summed E-state index contributed by atoms with van der Waals surface area (Å²) in [5.41, 5.74) is 1.07. The van der Waals surface area contributed by atoms with Crippen LogP contribution in [0.5, 0.6) is 0 Å². The van der Waals surface area contributed by atoms with Gasteiger partial charge in [-0.15, -0.1) is 0 Å². The molecule has 0 saturated carbocycles. The highest BCUT2D eigenvalue weighted by Crippen LogP contribution is 2.20. The van der Waals surface area contributed by atoms with Crippen LogP contribution in [0.3, 0.4) is 0 Å². The van der Waals surface area contributed by atoms with Crippen molar-refractivity contribution in [1.29, 1.82) is 0 Å². The molecule has 2 N–H and O–H groups in total. The number of hydrogen-bond donors (Lipinski definition) is 2. The lowest BCUT2D eigenvalue weighted by Crippen LogP contribution is -2.38. The number of hydrogen-bond acceptors (Lipinski definition) is 4. The molecule has 2 heterocycles. The molecule has 1 fully saturated rings. The van der Waals surface area contributed by atoms with Crippen LogP contribution in [0.2, 0.25) is 0 Å². The van der Waals surface area contributed by atoms with Crippen LogP contribution in [-0.2, 0) is 7.05 Å². The average Bonchev–Trinajstić information content (AvgIpc) is 2.74. The van der Waals surface area contributed by atoms with Crippen molar-refractivity contribution >= 4 is 11.8 Å². The minimum Gasteiger partial charge on any atom is -0.394 e. The molecular formula is C11H19N3OS. The SMILES string of the molecule is Cn1cc(C(CO)NC2CCCSC2)cn1. The van der Waals surface area contributed by atoms with Crippen LogP contribution < -0.4 is 5.32 Å². The lowest BCUT2D eigenvalue weighted by molar-refractivity contribution is 0.233. The number of aryl methyl sites for hydroxylation is 1. The lowest BCUT2D eigenvalue weighted by Gasteiger charge is -2.26. The number of aliphatic hydroxyl groups excluding tert-OH is 1. The smallest absolute Gasteiger partial charge is 0.0627 e. The van der Waals surface area contributed by atoms with Crippen molar-refractivity contribution in [2.24, 2.45) is 7.05 Å². The van der Waals surface area contributed by atoms with Crippen LogP contribution in [0.25, 0.3) is 0 Å². The number of thioether (sulfide) groups is 1. The monoisotopic (exact) mass is 241 g/mol. The molecule has 0 spiro atoms. The summed E-state index contributed by atoms with van der Waals surface area (Å²) in [5.74, 6) is 2.42. The zero-order valence-corrected chi connectivity index (χ0v) is 10.4. The summed E-state index contributed by atoms with van der Waals surface area (Å²) in [6.07, 6.45) is 6.27. The molecule has 4 nitrogen and oxygen atoms in total. The summed E-state index contributed by atoms with van der Waals surface area (Å²) < 4.78 is 1.77. The Morgan fingerprint density at radius 1 is 1.75 bits per heavy atom. The van der Waals surface area contributed by atoms with E-state index in [2.05, 4.69) is 10.4 Å². The molecular weight excluding hydrogens is 222 g/mol. The van der Waals surface area contributed by atoms with Gasteiger partial charge >= 0.3 is 0 Å². The third-order valence-electron chi connectivity index (χ3n) is 2.91. The van der Waals surface area contributed by atoms with E-state index in [-0.39, 0.29) is 12.6 Å². The van der Waals surface area contributed by atoms with Crippen LogP contribution >= 0.6 is 11.8 Å². The van der Waals surface area contributed by atoms with Gasteiger partial charge in [0.15, 0.2) is 0 Å². The molecule has 0 amide bonds. The minimum atomic E-state index is 0.0254. The lowest BCUT2D eigenvalue weighted by atomic mass is 10.1. The second-order valence-corrected chi connectivity index (χ2v) is 5.41. The summed E-state index contributed by atoms with van der Waals surface area (Å²) in [6, 6.07) is 0.550. The van der Waals surface area contributed by atoms with Crippen LogP contribution in [0.4, 0.5) is 0 Å². The van der Waals surface area contributed by atoms with Crippen molar-refractivity contribution in [1.82, 2.24) is 15.1 Å². The van der Waals surface area contributed by atoms with E-state index in [1.165, 1.54) is 18.6 Å². The van der Waals surface area contributed by atoms with Crippen molar-refractivity contribution in [3.8, 4) is 0 Å². The van der Waals surface area contributed by atoms with Crippen molar-refractivity contribution < 1.29 is 5.11 Å². The van der Waals surface area contributed by atoms with Gasteiger partial charge in [0, 0.05) is 30.6 Å². The predicted octanol–water partition coefficient (Wildman–Crippen LogP) is 0.939. The van der Waals surface area contributed by atoms with Gasteiger partial charge in [0.2, 0.25) is 0 Å². The Morgan fingerprint density at radius 2 is 2.62 bits per heavy atom. The van der Waals surface area contributed by atoms with E-state index >= 15 is 0 Å². The van der Waals surface area contributed by atoms with Gasteiger partial charge in [0.1, 0.15) is 0 Å². The molecule has 0 aliphatic carbocycles. The normalized spacial score (nSPS) is 23.2. The fourth-order valence-electron chi connectivity index (χ4n) is 2.03. The predicted molar refractivity (Wildman–Crippen MR) is 66.5 cm³/mol. The maximum absolute atomic E-state index is 9.41. The zero-order valence-electron chi connectivity index (χ0n) is 9.59. The first-order valence-electron chi connectivity index (χ1n) is 5.73. The van der Waals surface area contributed by atoms with Gasteiger partial charge in [0.25, 0.3) is 0 Å². The number of nitrogens with one attached hydrogen (secondary N) is 1. The first-order valence-corrected chi connectivity index (χ1v) is 6.88. The van der Waals surface area contributed by atoms with Gasteiger partial charge in [-0.1, -0.05) is 0 Å². The molecule has 2 atom stereocenters. The second-order valence-electron chi connectivity index (χ2n) is 4.26. The molecule has 2 unspecified atom stereocenters. The van der Waals surface area contributed by atoms with Gasteiger partial charge in [0.05, 0.1) is 18.8 Å². The average molecular weight is 241 g/mol. The summed E-state index contributed by atoms with van der Waals surface area (Å²) in [4.78, 5) is 0. The van der Waals surface area contributed by atoms with Crippen LogP contribution in [0.15, 0.2) is 12.4 Å². The number of aromatic nitrogens is 2. The first-order chi connectivity index (χ1) is 7.79. The Morgan fingerprint density at radius 3 is 3.19 bits per heavy atom. The molecule has 1 aliphatic rings. The molecule has 16 heavy (non-hydrogen) atoms. The third-order valence-corrected chi connectivity index (χ3v) is 4.12. The summed E-state index contributed by atoms with van der Waals surface area (Å²) in [6.45, 7) is 0.132. The van der Waals surface area contributed by atoms with E-state index in [1.54, 1.807) is 4.68 Å². The fourth-order valence-corrected chi connectivity index (χ4v) is 3.12. The molecule has 0 radical (unpaired) electrons. The molecule has 1 saturated heterocycles. The van der Waals surface area contributed by atoms with E-state index in [4.69, 9.17) is 0 Å². The molecule has 90 valence electrons. The van der Waals surface area contributed by atoms with Gasteiger partial charge < -0.3 is 10.4 Å². The molecule has 1 aromatic heterocycles. The third kappa shape index (κ3) is 2.99. The Labute approximate surface area is 100 Å². The standard InChI is InChI=1S/C11H19N3OS/c1-14-6-9(5-12-14)11(7-15)13-10-3-2-4-16-8-10/h5-6,10-11,13,15H,2-4,7-8H2,1H3. The summed E-state index contributed by atoms with van der Waals surface area (Å²) in [7, 11) is 1.90. The van der Waals surface area contributed by atoms with E-state index in [1.807, 2.05) is 31.2 Å². The quantitative estimate of drug-likeness (QED) is 0.823. The van der Waals surface area contributed by atoms with Crippen molar-refractivity contribution in [2.75, 3.05) is 18.1 Å². The highest BCUT2D eigenvalue weighted by molar-refractivity contribution is 7.99. The van der Waals surface area contributed by atoms with Crippen LogP contribution in [0.1, 0.15) is 24.4 Å². The fraction of sp³-hybridized carbons (Fsp3) is 0.727. The van der Waals surface area contributed by atoms with Crippen molar-refractivity contribution in [2.45, 2.75) is 24.9 Å². The van der Waals surface area contributed by atoms with E-state index < -0.39 is 0 Å². The Balaban J connectivity index is 1.94. The van der Waals surface area contributed by atoms with Crippen LogP contribution in [0, 0.1) is 0 Å². The highest BCUT2D eigenvalue weighted by atomic mass is 32.2. The maximum atomic E-state index is 9.41. The van der Waals surface area contributed by atoms with E-state index in [0.717, 1.165) is 11.3 Å². The molecule has 1 aromatic rings.